The van der Waals surface area contributed by atoms with Gasteiger partial charge in [-0.05, 0) is 24.6 Å². The lowest BCUT2D eigenvalue weighted by Gasteiger charge is -2.09. The zero-order valence-corrected chi connectivity index (χ0v) is 10.8. The van der Waals surface area contributed by atoms with Crippen LogP contribution in [-0.4, -0.2) is 26.7 Å². The highest BCUT2D eigenvalue weighted by Gasteiger charge is 2.19. The van der Waals surface area contributed by atoms with E-state index in [1.54, 1.807) is 6.92 Å². The van der Waals surface area contributed by atoms with Crippen LogP contribution >= 0.6 is 23.2 Å². The Morgan fingerprint density at radius 3 is 2.56 bits per heavy atom. The summed E-state index contributed by atoms with van der Waals surface area (Å²) in [5.74, 6) is 0. The van der Waals surface area contributed by atoms with Crippen LogP contribution < -0.4 is 4.72 Å². The number of hydrogen-bond acceptors (Lipinski definition) is 3. The van der Waals surface area contributed by atoms with Gasteiger partial charge < -0.3 is 5.11 Å². The summed E-state index contributed by atoms with van der Waals surface area (Å²) in [6.07, 6.45) is 0. The summed E-state index contributed by atoms with van der Waals surface area (Å²) in [7, 11) is -3.69. The normalized spacial score (nSPS) is 11.8. The molecule has 0 radical (unpaired) electrons. The second-order valence-corrected chi connectivity index (χ2v) is 5.63. The Morgan fingerprint density at radius 2 is 2.00 bits per heavy atom. The van der Waals surface area contributed by atoms with Crippen LogP contribution in [0.2, 0.25) is 10.0 Å². The van der Waals surface area contributed by atoms with Crippen LogP contribution in [0.25, 0.3) is 0 Å². The first kappa shape index (κ1) is 13.7. The number of halogens is 2. The van der Waals surface area contributed by atoms with E-state index in [4.69, 9.17) is 28.3 Å². The zero-order valence-electron chi connectivity index (χ0n) is 8.50. The van der Waals surface area contributed by atoms with Crippen molar-refractivity contribution < 1.29 is 13.5 Å². The van der Waals surface area contributed by atoms with Crippen LogP contribution in [0, 0.1) is 6.92 Å². The number of benzene rings is 1. The Labute approximate surface area is 104 Å². The fourth-order valence-corrected chi connectivity index (χ4v) is 2.93. The summed E-state index contributed by atoms with van der Waals surface area (Å²) < 4.78 is 25.7. The van der Waals surface area contributed by atoms with Crippen molar-refractivity contribution in [3.05, 3.63) is 27.7 Å². The van der Waals surface area contributed by atoms with E-state index in [-0.39, 0.29) is 23.1 Å². The van der Waals surface area contributed by atoms with Gasteiger partial charge in [-0.25, -0.2) is 13.1 Å². The monoisotopic (exact) mass is 283 g/mol. The van der Waals surface area contributed by atoms with Crippen molar-refractivity contribution in [3.63, 3.8) is 0 Å². The average Bonchev–Trinajstić information content (AvgIpc) is 2.23. The number of aliphatic hydroxyl groups is 1. The van der Waals surface area contributed by atoms with Crippen LogP contribution in [0.3, 0.4) is 0 Å². The van der Waals surface area contributed by atoms with Crippen LogP contribution in [0.1, 0.15) is 5.56 Å². The van der Waals surface area contributed by atoms with E-state index in [0.29, 0.717) is 10.6 Å². The third-order valence-corrected chi connectivity index (χ3v) is 4.49. The largest absolute Gasteiger partial charge is 0.395 e. The SMILES string of the molecule is Cc1c(Cl)ccc(S(=O)(=O)NCCO)c1Cl. The molecule has 0 saturated carbocycles. The third kappa shape index (κ3) is 2.87. The molecule has 0 aromatic heterocycles. The number of rotatable bonds is 4. The highest BCUT2D eigenvalue weighted by Crippen LogP contribution is 2.29. The number of nitrogens with one attached hydrogen (secondary N) is 1. The second-order valence-electron chi connectivity index (χ2n) is 3.11. The average molecular weight is 284 g/mol. The van der Waals surface area contributed by atoms with E-state index in [9.17, 15) is 8.42 Å². The lowest BCUT2D eigenvalue weighted by atomic mass is 10.2. The summed E-state index contributed by atoms with van der Waals surface area (Å²) in [4.78, 5) is -0.0375. The first-order chi connectivity index (χ1) is 7.40. The summed E-state index contributed by atoms with van der Waals surface area (Å²) in [5, 5.41) is 9.07. The first-order valence-electron chi connectivity index (χ1n) is 4.45. The highest BCUT2D eigenvalue weighted by molar-refractivity contribution is 7.89. The molecular formula is C9H11Cl2NO3S. The van der Waals surface area contributed by atoms with Crippen LogP contribution in [0.5, 0.6) is 0 Å². The van der Waals surface area contributed by atoms with Crippen LogP contribution in [-0.2, 0) is 10.0 Å². The molecule has 1 aromatic carbocycles. The fourth-order valence-electron chi connectivity index (χ4n) is 1.10. The molecule has 0 bridgehead atoms. The summed E-state index contributed by atoms with van der Waals surface area (Å²) in [5.41, 5.74) is 0.509. The molecule has 0 saturated heterocycles. The molecule has 0 unspecified atom stereocenters. The Morgan fingerprint density at radius 1 is 1.38 bits per heavy atom. The second kappa shape index (κ2) is 5.33. The van der Waals surface area contributed by atoms with Gasteiger partial charge in [-0.1, -0.05) is 23.2 Å². The van der Waals surface area contributed by atoms with E-state index in [1.807, 2.05) is 0 Å². The Kier molecular flexibility index (Phi) is 4.58. The molecule has 0 aliphatic carbocycles. The van der Waals surface area contributed by atoms with Gasteiger partial charge in [0.25, 0.3) is 0 Å². The third-order valence-electron chi connectivity index (χ3n) is 1.98. The van der Waals surface area contributed by atoms with Gasteiger partial charge in [0.2, 0.25) is 10.0 Å². The van der Waals surface area contributed by atoms with Gasteiger partial charge in [-0.3, -0.25) is 0 Å². The van der Waals surface area contributed by atoms with Gasteiger partial charge in [0, 0.05) is 11.6 Å². The van der Waals surface area contributed by atoms with Gasteiger partial charge in [0.1, 0.15) is 4.90 Å². The molecule has 0 aliphatic heterocycles. The smallest absolute Gasteiger partial charge is 0.242 e. The quantitative estimate of drug-likeness (QED) is 0.882. The maximum atomic E-state index is 11.7. The van der Waals surface area contributed by atoms with Crippen molar-refractivity contribution in [1.82, 2.24) is 4.72 Å². The van der Waals surface area contributed by atoms with Crippen molar-refractivity contribution in [2.75, 3.05) is 13.2 Å². The molecule has 1 aromatic rings. The Hall–Kier alpha value is -0.330. The van der Waals surface area contributed by atoms with Crippen molar-refractivity contribution in [1.29, 1.82) is 0 Å². The van der Waals surface area contributed by atoms with Gasteiger partial charge in [0.15, 0.2) is 0 Å². The predicted molar refractivity (Wildman–Crippen MR) is 63.5 cm³/mol. The van der Waals surface area contributed by atoms with Crippen molar-refractivity contribution >= 4 is 33.2 Å². The summed E-state index contributed by atoms with van der Waals surface area (Å²) >= 11 is 11.7. The van der Waals surface area contributed by atoms with Crippen molar-refractivity contribution in [3.8, 4) is 0 Å². The molecule has 0 spiro atoms. The molecule has 4 nitrogen and oxygen atoms in total. The standard InChI is InChI=1S/C9H11Cl2NO3S/c1-6-7(10)2-3-8(9(6)11)16(14,15)12-4-5-13/h2-3,12-13H,4-5H2,1H3. The maximum Gasteiger partial charge on any atom is 0.242 e. The molecule has 0 atom stereocenters. The van der Waals surface area contributed by atoms with Crippen molar-refractivity contribution in [2.45, 2.75) is 11.8 Å². The van der Waals surface area contributed by atoms with E-state index in [2.05, 4.69) is 4.72 Å². The fraction of sp³-hybridized carbons (Fsp3) is 0.333. The summed E-state index contributed by atoms with van der Waals surface area (Å²) in [6, 6.07) is 2.80. The zero-order chi connectivity index (χ0) is 12.3. The molecule has 1 rings (SSSR count). The van der Waals surface area contributed by atoms with Crippen molar-refractivity contribution in [2.24, 2.45) is 0 Å². The molecule has 2 N–H and O–H groups in total. The minimum absolute atomic E-state index is 0.0375. The lowest BCUT2D eigenvalue weighted by Crippen LogP contribution is -2.27. The van der Waals surface area contributed by atoms with Crippen LogP contribution in [0.15, 0.2) is 17.0 Å². The van der Waals surface area contributed by atoms with Gasteiger partial charge >= 0.3 is 0 Å². The van der Waals surface area contributed by atoms with E-state index in [1.165, 1.54) is 12.1 Å². The lowest BCUT2D eigenvalue weighted by molar-refractivity contribution is 0.301. The maximum absolute atomic E-state index is 11.7. The molecule has 0 heterocycles. The van der Waals surface area contributed by atoms with Gasteiger partial charge in [0.05, 0.1) is 11.6 Å². The Bertz CT molecular complexity index is 488. The Balaban J connectivity index is 3.19. The minimum atomic E-state index is -3.69. The van der Waals surface area contributed by atoms with Crippen LogP contribution in [0.4, 0.5) is 0 Å². The molecule has 0 amide bonds. The molecule has 90 valence electrons. The van der Waals surface area contributed by atoms with E-state index in [0.717, 1.165) is 0 Å². The van der Waals surface area contributed by atoms with Gasteiger partial charge in [-0.15, -0.1) is 0 Å². The molecule has 0 aliphatic rings. The minimum Gasteiger partial charge on any atom is -0.395 e. The number of sulfonamides is 1. The number of hydrogen-bond donors (Lipinski definition) is 2. The number of aliphatic hydroxyl groups excluding tert-OH is 1. The summed E-state index contributed by atoms with van der Waals surface area (Å²) in [6.45, 7) is 1.31. The van der Waals surface area contributed by atoms with E-state index < -0.39 is 10.0 Å². The van der Waals surface area contributed by atoms with E-state index >= 15 is 0 Å². The predicted octanol–water partition coefficient (Wildman–Crippen LogP) is 1.57. The highest BCUT2D eigenvalue weighted by atomic mass is 35.5. The first-order valence-corrected chi connectivity index (χ1v) is 6.69. The molecule has 0 fully saturated rings. The molecule has 7 heteroatoms. The molecular weight excluding hydrogens is 273 g/mol. The van der Waals surface area contributed by atoms with Gasteiger partial charge in [-0.2, -0.15) is 0 Å². The molecule has 16 heavy (non-hydrogen) atoms. The topological polar surface area (TPSA) is 66.4 Å².